The van der Waals surface area contributed by atoms with Crippen molar-refractivity contribution >= 4 is 11.8 Å². The minimum absolute atomic E-state index is 0.0466. The van der Waals surface area contributed by atoms with Gasteiger partial charge in [0.1, 0.15) is 0 Å². The zero-order valence-corrected chi connectivity index (χ0v) is 12.1. The summed E-state index contributed by atoms with van der Waals surface area (Å²) in [6, 6.07) is 7.16. The highest BCUT2D eigenvalue weighted by Crippen LogP contribution is 2.04. The van der Waals surface area contributed by atoms with Crippen LogP contribution in [0.3, 0.4) is 0 Å². The van der Waals surface area contributed by atoms with Crippen molar-refractivity contribution in [2.24, 2.45) is 11.7 Å². The van der Waals surface area contributed by atoms with E-state index in [9.17, 15) is 9.59 Å². The van der Waals surface area contributed by atoms with E-state index in [1.807, 2.05) is 19.9 Å². The summed E-state index contributed by atoms with van der Waals surface area (Å²) in [6.07, 6.45) is 0.287. The molecule has 0 aromatic heterocycles. The lowest BCUT2D eigenvalue weighted by molar-refractivity contribution is -0.121. The highest BCUT2D eigenvalue weighted by Gasteiger charge is 2.07. The fraction of sp³-hybridized carbons (Fsp3) is 0.467. The smallest absolute Gasteiger partial charge is 0.251 e. The Labute approximate surface area is 119 Å². The van der Waals surface area contributed by atoms with Crippen molar-refractivity contribution in [1.82, 2.24) is 10.6 Å². The Morgan fingerprint density at radius 1 is 1.25 bits per heavy atom. The molecule has 1 rings (SSSR count). The van der Waals surface area contributed by atoms with Crippen molar-refractivity contribution in [1.29, 1.82) is 0 Å². The average Bonchev–Trinajstić information content (AvgIpc) is 2.45. The summed E-state index contributed by atoms with van der Waals surface area (Å²) < 4.78 is 0. The molecule has 1 aromatic rings. The second kappa shape index (κ2) is 8.32. The number of carbonyl (C=O) groups excluding carboxylic acids is 2. The maximum Gasteiger partial charge on any atom is 0.251 e. The van der Waals surface area contributed by atoms with Crippen molar-refractivity contribution in [3.8, 4) is 0 Å². The van der Waals surface area contributed by atoms with Gasteiger partial charge in [0, 0.05) is 31.6 Å². The molecule has 4 N–H and O–H groups in total. The molecule has 0 aliphatic carbocycles. The molecule has 0 radical (unpaired) electrons. The molecule has 2 amide bonds. The van der Waals surface area contributed by atoms with Crippen molar-refractivity contribution in [2.75, 3.05) is 13.1 Å². The topological polar surface area (TPSA) is 84.2 Å². The fourth-order valence-corrected chi connectivity index (χ4v) is 1.64. The second-order valence-electron chi connectivity index (χ2n) is 5.11. The summed E-state index contributed by atoms with van der Waals surface area (Å²) in [5.41, 5.74) is 7.01. The van der Waals surface area contributed by atoms with E-state index >= 15 is 0 Å². The molecule has 0 bridgehead atoms. The number of carbonyl (C=O) groups is 2. The van der Waals surface area contributed by atoms with Crippen LogP contribution in [0, 0.1) is 5.92 Å². The van der Waals surface area contributed by atoms with Crippen LogP contribution in [0.4, 0.5) is 0 Å². The Kier molecular flexibility index (Phi) is 6.73. The SMILES string of the molecule is CC(C)CNC(=O)CCNC(=O)c1cccc(CN)c1. The number of rotatable bonds is 7. The van der Waals surface area contributed by atoms with E-state index in [-0.39, 0.29) is 18.2 Å². The van der Waals surface area contributed by atoms with Crippen LogP contribution in [0.2, 0.25) is 0 Å². The number of benzene rings is 1. The van der Waals surface area contributed by atoms with Crippen LogP contribution in [0.15, 0.2) is 24.3 Å². The van der Waals surface area contributed by atoms with Crippen LogP contribution in [0.5, 0.6) is 0 Å². The summed E-state index contributed by atoms with van der Waals surface area (Å²) >= 11 is 0. The number of nitrogens with two attached hydrogens (primary N) is 1. The highest BCUT2D eigenvalue weighted by atomic mass is 16.2. The van der Waals surface area contributed by atoms with Gasteiger partial charge in [-0.25, -0.2) is 0 Å². The number of hydrogen-bond acceptors (Lipinski definition) is 3. The first-order valence-electron chi connectivity index (χ1n) is 6.87. The Morgan fingerprint density at radius 2 is 2.00 bits per heavy atom. The van der Waals surface area contributed by atoms with E-state index in [1.165, 1.54) is 0 Å². The van der Waals surface area contributed by atoms with E-state index in [1.54, 1.807) is 18.2 Å². The van der Waals surface area contributed by atoms with Gasteiger partial charge in [0.05, 0.1) is 0 Å². The standard InChI is InChI=1S/C15H23N3O2/c1-11(2)10-18-14(19)6-7-17-15(20)13-5-3-4-12(8-13)9-16/h3-5,8,11H,6-7,9-10,16H2,1-2H3,(H,17,20)(H,18,19). The summed E-state index contributed by atoms with van der Waals surface area (Å²) in [6.45, 7) is 5.46. The molecule has 20 heavy (non-hydrogen) atoms. The first-order valence-corrected chi connectivity index (χ1v) is 6.87. The van der Waals surface area contributed by atoms with E-state index < -0.39 is 0 Å². The molecule has 0 aliphatic heterocycles. The molecule has 0 atom stereocenters. The predicted octanol–water partition coefficient (Wildman–Crippen LogP) is 1.04. The summed E-state index contributed by atoms with van der Waals surface area (Å²) in [5.74, 6) is 0.194. The van der Waals surface area contributed by atoms with Gasteiger partial charge in [-0.1, -0.05) is 26.0 Å². The lowest BCUT2D eigenvalue weighted by Crippen LogP contribution is -2.32. The summed E-state index contributed by atoms with van der Waals surface area (Å²) in [5, 5.41) is 5.54. The molecule has 0 spiro atoms. The molecular formula is C15H23N3O2. The van der Waals surface area contributed by atoms with Crippen LogP contribution in [-0.2, 0) is 11.3 Å². The Bertz CT molecular complexity index is 458. The second-order valence-corrected chi connectivity index (χ2v) is 5.11. The summed E-state index contributed by atoms with van der Waals surface area (Å²) in [4.78, 5) is 23.4. The van der Waals surface area contributed by atoms with Crippen molar-refractivity contribution in [3.05, 3.63) is 35.4 Å². The molecule has 0 unspecified atom stereocenters. The Morgan fingerprint density at radius 3 is 2.65 bits per heavy atom. The van der Waals surface area contributed by atoms with Gasteiger partial charge in [-0.15, -0.1) is 0 Å². The molecule has 0 heterocycles. The van der Waals surface area contributed by atoms with Crippen LogP contribution in [0.1, 0.15) is 36.2 Å². The zero-order chi connectivity index (χ0) is 15.0. The van der Waals surface area contributed by atoms with Gasteiger partial charge in [-0.2, -0.15) is 0 Å². The Hall–Kier alpha value is -1.88. The molecule has 5 heteroatoms. The number of nitrogens with one attached hydrogen (secondary N) is 2. The van der Waals surface area contributed by atoms with E-state index in [4.69, 9.17) is 5.73 Å². The monoisotopic (exact) mass is 277 g/mol. The lowest BCUT2D eigenvalue weighted by Gasteiger charge is -2.08. The molecule has 1 aromatic carbocycles. The largest absolute Gasteiger partial charge is 0.356 e. The molecule has 0 saturated carbocycles. The maximum atomic E-state index is 11.9. The molecule has 0 saturated heterocycles. The molecule has 0 fully saturated rings. The van der Waals surface area contributed by atoms with Gasteiger partial charge in [0.2, 0.25) is 5.91 Å². The Balaban J connectivity index is 2.34. The molecule has 0 aliphatic rings. The first-order chi connectivity index (χ1) is 9.52. The minimum atomic E-state index is -0.183. The van der Waals surface area contributed by atoms with Gasteiger partial charge < -0.3 is 16.4 Å². The van der Waals surface area contributed by atoms with Gasteiger partial charge in [0.25, 0.3) is 5.91 Å². The van der Waals surface area contributed by atoms with Crippen molar-refractivity contribution < 1.29 is 9.59 Å². The third-order valence-electron chi connectivity index (χ3n) is 2.77. The van der Waals surface area contributed by atoms with Crippen molar-refractivity contribution in [3.63, 3.8) is 0 Å². The maximum absolute atomic E-state index is 11.9. The van der Waals surface area contributed by atoms with Gasteiger partial charge >= 0.3 is 0 Å². The van der Waals surface area contributed by atoms with Gasteiger partial charge in [0.15, 0.2) is 0 Å². The average molecular weight is 277 g/mol. The highest BCUT2D eigenvalue weighted by molar-refractivity contribution is 5.94. The van der Waals surface area contributed by atoms with Crippen LogP contribution >= 0.6 is 0 Å². The fourth-order valence-electron chi connectivity index (χ4n) is 1.64. The lowest BCUT2D eigenvalue weighted by atomic mass is 10.1. The van der Waals surface area contributed by atoms with E-state index in [0.29, 0.717) is 31.1 Å². The quantitative estimate of drug-likeness (QED) is 0.696. The third-order valence-corrected chi connectivity index (χ3v) is 2.77. The van der Waals surface area contributed by atoms with Crippen molar-refractivity contribution in [2.45, 2.75) is 26.8 Å². The summed E-state index contributed by atoms with van der Waals surface area (Å²) in [7, 11) is 0. The number of amides is 2. The van der Waals surface area contributed by atoms with Crippen LogP contribution < -0.4 is 16.4 Å². The van der Waals surface area contributed by atoms with Gasteiger partial charge in [-0.05, 0) is 23.6 Å². The number of hydrogen-bond donors (Lipinski definition) is 3. The zero-order valence-electron chi connectivity index (χ0n) is 12.1. The van der Waals surface area contributed by atoms with E-state index in [2.05, 4.69) is 10.6 Å². The van der Waals surface area contributed by atoms with Crippen LogP contribution in [0.25, 0.3) is 0 Å². The van der Waals surface area contributed by atoms with Gasteiger partial charge in [-0.3, -0.25) is 9.59 Å². The first kappa shape index (κ1) is 16.2. The van der Waals surface area contributed by atoms with Crippen LogP contribution in [-0.4, -0.2) is 24.9 Å². The minimum Gasteiger partial charge on any atom is -0.356 e. The molecule has 110 valence electrons. The third kappa shape index (κ3) is 5.84. The van der Waals surface area contributed by atoms with E-state index in [0.717, 1.165) is 5.56 Å². The normalized spacial score (nSPS) is 10.4. The molecule has 5 nitrogen and oxygen atoms in total. The predicted molar refractivity (Wildman–Crippen MR) is 79.1 cm³/mol. The molecular weight excluding hydrogens is 254 g/mol.